The maximum atomic E-state index is 12.8. The molecule has 0 N–H and O–H groups in total. The standard InChI is InChI=1S/C25H31NO4/c1-5-21-23(29-18-20-14-10-7-11-15-20)22(28-17-19-12-8-6-9-13-19)16-26(21)24(27)30-25(2,3)4/h5-15,21-23H,1,16-18H2,2-4H3/t21-,22-,23+/m1/s1. The van der Waals surface area contributed by atoms with Gasteiger partial charge in [-0.3, -0.25) is 4.90 Å². The van der Waals surface area contributed by atoms with Crippen molar-refractivity contribution in [3.05, 3.63) is 84.4 Å². The highest BCUT2D eigenvalue weighted by Crippen LogP contribution is 2.28. The second-order valence-electron chi connectivity index (χ2n) is 8.46. The zero-order valence-corrected chi connectivity index (χ0v) is 18.0. The molecular formula is C25H31NO4. The summed E-state index contributed by atoms with van der Waals surface area (Å²) in [7, 11) is 0. The number of carbonyl (C=O) groups is 1. The van der Waals surface area contributed by atoms with Crippen molar-refractivity contribution in [1.82, 2.24) is 4.90 Å². The average Bonchev–Trinajstić information content (AvgIpc) is 3.09. The van der Waals surface area contributed by atoms with Gasteiger partial charge in [-0.05, 0) is 31.9 Å². The topological polar surface area (TPSA) is 48.0 Å². The molecule has 3 atom stereocenters. The summed E-state index contributed by atoms with van der Waals surface area (Å²) in [4.78, 5) is 14.5. The molecule has 0 radical (unpaired) electrons. The van der Waals surface area contributed by atoms with Crippen LogP contribution in [0.15, 0.2) is 73.3 Å². The van der Waals surface area contributed by atoms with Gasteiger partial charge < -0.3 is 14.2 Å². The highest BCUT2D eigenvalue weighted by atomic mass is 16.6. The quantitative estimate of drug-likeness (QED) is 0.606. The molecule has 160 valence electrons. The van der Waals surface area contributed by atoms with E-state index in [4.69, 9.17) is 14.2 Å². The second kappa shape index (κ2) is 9.92. The maximum Gasteiger partial charge on any atom is 0.410 e. The van der Waals surface area contributed by atoms with Crippen molar-refractivity contribution < 1.29 is 19.0 Å². The molecular weight excluding hydrogens is 378 g/mol. The van der Waals surface area contributed by atoms with Crippen LogP contribution in [0.4, 0.5) is 4.79 Å². The third-order valence-corrected chi connectivity index (χ3v) is 4.90. The minimum absolute atomic E-state index is 0.288. The Labute approximate surface area is 179 Å². The van der Waals surface area contributed by atoms with Gasteiger partial charge in [-0.25, -0.2) is 4.79 Å². The van der Waals surface area contributed by atoms with Crippen molar-refractivity contribution in [2.24, 2.45) is 0 Å². The molecule has 3 rings (SSSR count). The van der Waals surface area contributed by atoms with Crippen molar-refractivity contribution in [2.75, 3.05) is 6.54 Å². The fourth-order valence-electron chi connectivity index (χ4n) is 3.49. The molecule has 0 unspecified atom stereocenters. The van der Waals surface area contributed by atoms with Crippen LogP contribution in [0.25, 0.3) is 0 Å². The lowest BCUT2D eigenvalue weighted by atomic mass is 10.1. The van der Waals surface area contributed by atoms with Crippen LogP contribution in [0.1, 0.15) is 31.9 Å². The molecule has 0 aliphatic carbocycles. The number of likely N-dealkylation sites (tertiary alicyclic amines) is 1. The monoisotopic (exact) mass is 409 g/mol. The minimum atomic E-state index is -0.577. The number of benzene rings is 2. The Balaban J connectivity index is 1.75. The molecule has 0 aromatic heterocycles. The van der Waals surface area contributed by atoms with Crippen LogP contribution in [0.2, 0.25) is 0 Å². The summed E-state index contributed by atoms with van der Waals surface area (Å²) in [5.41, 5.74) is 1.56. The van der Waals surface area contributed by atoms with E-state index in [9.17, 15) is 4.79 Å². The average molecular weight is 410 g/mol. The summed E-state index contributed by atoms with van der Waals surface area (Å²) in [6, 6.07) is 19.6. The van der Waals surface area contributed by atoms with E-state index in [-0.39, 0.29) is 24.3 Å². The molecule has 5 nitrogen and oxygen atoms in total. The predicted molar refractivity (Wildman–Crippen MR) is 117 cm³/mol. The van der Waals surface area contributed by atoms with Crippen LogP contribution in [-0.2, 0) is 27.4 Å². The van der Waals surface area contributed by atoms with E-state index >= 15 is 0 Å². The Morgan fingerprint density at radius 2 is 1.53 bits per heavy atom. The summed E-state index contributed by atoms with van der Waals surface area (Å²) in [6.07, 6.45) is 0.737. The van der Waals surface area contributed by atoms with Crippen molar-refractivity contribution in [1.29, 1.82) is 0 Å². The molecule has 0 saturated carbocycles. The van der Waals surface area contributed by atoms with Crippen molar-refractivity contribution in [2.45, 2.75) is 57.8 Å². The van der Waals surface area contributed by atoms with Crippen LogP contribution >= 0.6 is 0 Å². The first-order valence-corrected chi connectivity index (χ1v) is 10.3. The molecule has 2 aromatic rings. The predicted octanol–water partition coefficient (Wildman–Crippen LogP) is 4.96. The first kappa shape index (κ1) is 22.1. The van der Waals surface area contributed by atoms with Crippen LogP contribution in [0.5, 0.6) is 0 Å². The van der Waals surface area contributed by atoms with Gasteiger partial charge in [0.2, 0.25) is 0 Å². The summed E-state index contributed by atoms with van der Waals surface area (Å²) < 4.78 is 18.1. The first-order chi connectivity index (χ1) is 14.4. The number of hydrogen-bond acceptors (Lipinski definition) is 4. The van der Waals surface area contributed by atoms with Gasteiger partial charge in [0.15, 0.2) is 0 Å². The summed E-state index contributed by atoms with van der Waals surface area (Å²) in [5.74, 6) is 0. The lowest BCUT2D eigenvalue weighted by Crippen LogP contribution is -2.42. The van der Waals surface area contributed by atoms with Gasteiger partial charge in [-0.15, -0.1) is 6.58 Å². The highest BCUT2D eigenvalue weighted by molar-refractivity contribution is 5.69. The van der Waals surface area contributed by atoms with Crippen molar-refractivity contribution in [3.63, 3.8) is 0 Å². The van der Waals surface area contributed by atoms with Gasteiger partial charge in [-0.1, -0.05) is 66.7 Å². The maximum absolute atomic E-state index is 12.8. The largest absolute Gasteiger partial charge is 0.444 e. The van der Waals surface area contributed by atoms with Gasteiger partial charge in [0.1, 0.15) is 17.8 Å². The minimum Gasteiger partial charge on any atom is -0.444 e. The third kappa shape index (κ3) is 5.94. The second-order valence-corrected chi connectivity index (χ2v) is 8.46. The van der Waals surface area contributed by atoms with Crippen molar-refractivity contribution in [3.8, 4) is 0 Å². The van der Waals surface area contributed by atoms with E-state index in [0.29, 0.717) is 19.8 Å². The smallest absolute Gasteiger partial charge is 0.410 e. The fourth-order valence-corrected chi connectivity index (χ4v) is 3.49. The van der Waals surface area contributed by atoms with E-state index < -0.39 is 5.60 Å². The normalized spacial score (nSPS) is 21.4. The number of rotatable bonds is 7. The summed E-state index contributed by atoms with van der Waals surface area (Å²) >= 11 is 0. The van der Waals surface area contributed by atoms with Crippen LogP contribution in [0.3, 0.4) is 0 Å². The van der Waals surface area contributed by atoms with E-state index in [2.05, 4.69) is 6.58 Å². The molecule has 0 spiro atoms. The first-order valence-electron chi connectivity index (χ1n) is 10.3. The Morgan fingerprint density at radius 3 is 2.03 bits per heavy atom. The van der Waals surface area contributed by atoms with Crippen LogP contribution < -0.4 is 0 Å². The number of hydrogen-bond donors (Lipinski definition) is 0. The SMILES string of the molecule is C=C[C@@H]1[C@H](OCc2ccccc2)[C@H](OCc2ccccc2)CN1C(=O)OC(C)(C)C. The highest BCUT2D eigenvalue weighted by Gasteiger charge is 2.45. The Kier molecular flexibility index (Phi) is 7.29. The lowest BCUT2D eigenvalue weighted by molar-refractivity contribution is -0.0660. The molecule has 5 heteroatoms. The zero-order valence-electron chi connectivity index (χ0n) is 18.0. The molecule has 1 saturated heterocycles. The fraction of sp³-hybridized carbons (Fsp3) is 0.400. The Hall–Kier alpha value is -2.63. The molecule has 1 fully saturated rings. The number of carbonyl (C=O) groups excluding carboxylic acids is 1. The van der Waals surface area contributed by atoms with Gasteiger partial charge in [0.05, 0.1) is 25.8 Å². The van der Waals surface area contributed by atoms with E-state index in [1.807, 2.05) is 81.4 Å². The van der Waals surface area contributed by atoms with Crippen molar-refractivity contribution >= 4 is 6.09 Å². The van der Waals surface area contributed by atoms with E-state index in [1.165, 1.54) is 0 Å². The summed E-state index contributed by atoms with van der Waals surface area (Å²) in [5, 5.41) is 0. The van der Waals surface area contributed by atoms with Gasteiger partial charge in [0.25, 0.3) is 0 Å². The van der Waals surface area contributed by atoms with Gasteiger partial charge >= 0.3 is 6.09 Å². The van der Waals surface area contributed by atoms with Gasteiger partial charge in [0, 0.05) is 0 Å². The number of ether oxygens (including phenoxy) is 3. The number of nitrogens with zero attached hydrogens (tertiary/aromatic N) is 1. The zero-order chi connectivity index (χ0) is 21.6. The Bertz CT molecular complexity index is 816. The molecule has 1 heterocycles. The van der Waals surface area contributed by atoms with Crippen LogP contribution in [0, 0.1) is 0 Å². The third-order valence-electron chi connectivity index (χ3n) is 4.90. The summed E-state index contributed by atoms with van der Waals surface area (Å²) in [6.45, 7) is 10.8. The lowest BCUT2D eigenvalue weighted by Gasteiger charge is -2.28. The van der Waals surface area contributed by atoms with Crippen LogP contribution in [-0.4, -0.2) is 41.4 Å². The Morgan fingerprint density at radius 1 is 1.00 bits per heavy atom. The molecule has 1 aliphatic rings. The molecule has 30 heavy (non-hydrogen) atoms. The van der Waals surface area contributed by atoms with E-state index in [1.54, 1.807) is 11.0 Å². The van der Waals surface area contributed by atoms with Gasteiger partial charge in [-0.2, -0.15) is 0 Å². The molecule has 1 aliphatic heterocycles. The molecule has 0 bridgehead atoms. The number of amides is 1. The van der Waals surface area contributed by atoms with E-state index in [0.717, 1.165) is 11.1 Å². The molecule has 2 aromatic carbocycles. The molecule has 1 amide bonds.